The Morgan fingerprint density at radius 3 is 1.04 bits per heavy atom. The normalized spacial score (nSPS) is 11.5. The molecule has 0 heterocycles. The molecular formula is C46H45CsF2O4. The number of phenolic OH excluding ortho intramolecular Hbond substituents is 3. The summed E-state index contributed by atoms with van der Waals surface area (Å²) < 4.78 is 29.4. The van der Waals surface area contributed by atoms with Gasteiger partial charge >= 0.3 is 68.9 Å². The Bertz CT molecular complexity index is 2010. The second-order valence-electron chi connectivity index (χ2n) is 14.0. The summed E-state index contributed by atoms with van der Waals surface area (Å²) in [4.78, 5) is 0. The van der Waals surface area contributed by atoms with Gasteiger partial charge in [0.15, 0.2) is 0 Å². The molecule has 53 heavy (non-hydrogen) atoms. The van der Waals surface area contributed by atoms with E-state index in [1.54, 1.807) is 49.4 Å². The molecule has 0 aliphatic heterocycles. The van der Waals surface area contributed by atoms with E-state index in [0.717, 1.165) is 33.4 Å². The molecule has 0 aliphatic carbocycles. The first-order chi connectivity index (χ1) is 24.6. The Balaban J connectivity index is 0.000000232. The van der Waals surface area contributed by atoms with E-state index in [0.29, 0.717) is 44.5 Å². The van der Waals surface area contributed by atoms with Gasteiger partial charge in [-0.3, -0.25) is 0 Å². The molecule has 0 amide bonds. The summed E-state index contributed by atoms with van der Waals surface area (Å²) in [5.74, 6) is -1.80. The molecule has 0 fully saturated rings. The summed E-state index contributed by atoms with van der Waals surface area (Å²) in [5, 5.41) is 45.1. The number of aromatic hydroxyl groups is 3. The molecule has 0 radical (unpaired) electrons. The van der Waals surface area contributed by atoms with Gasteiger partial charge in [0.05, 0.1) is 0 Å². The molecule has 0 bridgehead atoms. The summed E-state index contributed by atoms with van der Waals surface area (Å²) >= 11 is 0. The number of hydrogen-bond acceptors (Lipinski definition) is 4. The zero-order valence-corrected chi connectivity index (χ0v) is 38.2. The average molecular weight is 833 g/mol. The van der Waals surface area contributed by atoms with Gasteiger partial charge in [0, 0.05) is 28.5 Å². The van der Waals surface area contributed by atoms with Crippen molar-refractivity contribution in [3.05, 3.63) is 187 Å². The summed E-state index contributed by atoms with van der Waals surface area (Å²) in [6, 6.07) is 27.8. The number of hydrogen-bond donors (Lipinski definition) is 3. The van der Waals surface area contributed by atoms with E-state index in [1.165, 1.54) is 12.1 Å². The molecule has 3 N–H and O–H groups in total. The van der Waals surface area contributed by atoms with Crippen molar-refractivity contribution in [2.45, 2.75) is 67.2 Å². The second-order valence-corrected chi connectivity index (χ2v) is 14.0. The standard InChI is InChI=1S/2C23H23FO2.Cs/c2*1-13-9-15(3)22(25)18(11-13)21(17-7-5-6-8-20(17)24)19-12-14(2)10-16(4)23(19)26;/h2*5-12,21,25-26H,1-4H3;/q;;+1/p-1. The molecular weight excluding hydrogens is 787 g/mol. The first-order valence-electron chi connectivity index (χ1n) is 17.3. The third kappa shape index (κ3) is 9.22. The Kier molecular flexibility index (Phi) is 14.1. The topological polar surface area (TPSA) is 83.8 Å². The molecule has 6 aromatic rings. The molecule has 1 atom stereocenters. The van der Waals surface area contributed by atoms with Crippen LogP contribution in [-0.2, 0) is 0 Å². The quantitative estimate of drug-likeness (QED) is 0.151. The number of rotatable bonds is 6. The van der Waals surface area contributed by atoms with Gasteiger partial charge in [-0.2, -0.15) is 0 Å². The number of benzene rings is 6. The van der Waals surface area contributed by atoms with E-state index in [1.807, 2.05) is 90.9 Å². The zero-order valence-electron chi connectivity index (χ0n) is 31.9. The van der Waals surface area contributed by atoms with E-state index in [4.69, 9.17) is 0 Å². The van der Waals surface area contributed by atoms with Gasteiger partial charge in [0.1, 0.15) is 28.9 Å². The minimum atomic E-state index is -0.666. The fraction of sp³-hybridized carbons (Fsp3) is 0.217. The van der Waals surface area contributed by atoms with Crippen LogP contribution in [0.5, 0.6) is 23.0 Å². The molecule has 6 aromatic carbocycles. The van der Waals surface area contributed by atoms with Crippen molar-refractivity contribution in [3.63, 3.8) is 0 Å². The molecule has 0 unspecified atom stereocenters. The Hall–Kier alpha value is -3.57. The SMILES string of the molecule is Cc1cc(C)c(O)c(C(c2ccccc2F)c2cc(C)cc(C)c2O)c1.Cc1cc(C)c([O-])c([C@@H](c2ccccc2F)c2cc(C)cc(C)c2O)c1.[Cs+]. The van der Waals surface area contributed by atoms with E-state index >= 15 is 0 Å². The Morgan fingerprint density at radius 1 is 0.415 bits per heavy atom. The summed E-state index contributed by atoms with van der Waals surface area (Å²) in [7, 11) is 0. The van der Waals surface area contributed by atoms with Crippen molar-refractivity contribution in [3.8, 4) is 23.0 Å². The van der Waals surface area contributed by atoms with Crippen LogP contribution in [0.4, 0.5) is 8.78 Å². The van der Waals surface area contributed by atoms with Crippen molar-refractivity contribution < 1.29 is 98.1 Å². The first-order valence-corrected chi connectivity index (χ1v) is 17.3. The molecule has 6 rings (SSSR count). The van der Waals surface area contributed by atoms with Crippen LogP contribution >= 0.6 is 0 Å². The zero-order chi connectivity index (χ0) is 38.0. The van der Waals surface area contributed by atoms with Crippen LogP contribution < -0.4 is 74.0 Å². The molecule has 0 spiro atoms. The number of aryl methyl sites for hydroxylation is 8. The van der Waals surface area contributed by atoms with Gasteiger partial charge in [0.2, 0.25) is 0 Å². The van der Waals surface area contributed by atoms with E-state index in [2.05, 4.69) is 0 Å². The van der Waals surface area contributed by atoms with Crippen LogP contribution in [0.25, 0.3) is 0 Å². The van der Waals surface area contributed by atoms with Crippen LogP contribution in [0.3, 0.4) is 0 Å². The van der Waals surface area contributed by atoms with Crippen molar-refractivity contribution >= 4 is 0 Å². The van der Waals surface area contributed by atoms with Gasteiger partial charge in [-0.1, -0.05) is 113 Å². The summed E-state index contributed by atoms with van der Waals surface area (Å²) in [6.45, 7) is 14.9. The maximum Gasteiger partial charge on any atom is 1.00 e. The van der Waals surface area contributed by atoms with Crippen LogP contribution in [-0.4, -0.2) is 15.3 Å². The van der Waals surface area contributed by atoms with Gasteiger partial charge in [-0.25, -0.2) is 8.78 Å². The van der Waals surface area contributed by atoms with E-state index < -0.39 is 17.7 Å². The van der Waals surface area contributed by atoms with Crippen molar-refractivity contribution in [2.24, 2.45) is 0 Å². The average Bonchev–Trinajstić information content (AvgIpc) is 3.08. The number of halogens is 2. The first kappa shape index (κ1) is 42.2. The van der Waals surface area contributed by atoms with Gasteiger partial charge in [-0.15, -0.1) is 5.75 Å². The minimum absolute atomic E-state index is 0. The van der Waals surface area contributed by atoms with Crippen molar-refractivity contribution in [2.75, 3.05) is 0 Å². The second kappa shape index (κ2) is 17.7. The van der Waals surface area contributed by atoms with Gasteiger partial charge < -0.3 is 20.4 Å². The van der Waals surface area contributed by atoms with Gasteiger partial charge in [-0.05, 0) is 101 Å². The fourth-order valence-corrected chi connectivity index (χ4v) is 7.26. The van der Waals surface area contributed by atoms with Crippen molar-refractivity contribution in [1.29, 1.82) is 0 Å². The minimum Gasteiger partial charge on any atom is -0.872 e. The molecule has 0 aliphatic rings. The third-order valence-corrected chi connectivity index (χ3v) is 9.55. The predicted octanol–water partition coefficient (Wildman–Crippen LogP) is 7.67. The molecule has 0 saturated heterocycles. The van der Waals surface area contributed by atoms with E-state index in [-0.39, 0.29) is 97.7 Å². The smallest absolute Gasteiger partial charge is 0.872 e. The molecule has 7 heteroatoms. The van der Waals surface area contributed by atoms with Gasteiger partial charge in [0.25, 0.3) is 0 Å². The molecule has 268 valence electrons. The predicted molar refractivity (Wildman–Crippen MR) is 203 cm³/mol. The Labute approximate surface area is 370 Å². The molecule has 0 saturated carbocycles. The Morgan fingerprint density at radius 2 is 0.698 bits per heavy atom. The van der Waals surface area contributed by atoms with E-state index in [9.17, 15) is 29.2 Å². The van der Waals surface area contributed by atoms with Crippen LogP contribution in [0.2, 0.25) is 0 Å². The van der Waals surface area contributed by atoms with Crippen LogP contribution in [0.15, 0.2) is 97.1 Å². The monoisotopic (exact) mass is 832 g/mol. The largest absolute Gasteiger partial charge is 1.00 e. The maximum atomic E-state index is 14.7. The summed E-state index contributed by atoms with van der Waals surface area (Å²) in [5.41, 5.74) is 9.63. The number of phenols is 3. The summed E-state index contributed by atoms with van der Waals surface area (Å²) in [6.07, 6.45) is 0. The molecule has 4 nitrogen and oxygen atoms in total. The van der Waals surface area contributed by atoms with Crippen LogP contribution in [0, 0.1) is 67.0 Å². The maximum absolute atomic E-state index is 14.7. The van der Waals surface area contributed by atoms with Crippen LogP contribution in [0.1, 0.15) is 89.7 Å². The fourth-order valence-electron chi connectivity index (χ4n) is 7.26. The van der Waals surface area contributed by atoms with Crippen molar-refractivity contribution in [1.82, 2.24) is 0 Å². The molecule has 0 aromatic heterocycles. The third-order valence-electron chi connectivity index (χ3n) is 9.55.